The number of carbonyl (C=O) groups is 1. The number of rotatable bonds is 5. The van der Waals surface area contributed by atoms with E-state index in [2.05, 4.69) is 20.9 Å². The molecule has 1 rings (SSSR count). The number of aromatic nitrogens is 1. The Hall–Kier alpha value is -0.750. The summed E-state index contributed by atoms with van der Waals surface area (Å²) in [6, 6.07) is 2.91. The van der Waals surface area contributed by atoms with Gasteiger partial charge in [0.1, 0.15) is 5.69 Å². The van der Waals surface area contributed by atoms with Crippen LogP contribution in [-0.2, 0) is 0 Å². The van der Waals surface area contributed by atoms with Crippen LogP contribution in [0.2, 0.25) is 5.02 Å². The summed E-state index contributed by atoms with van der Waals surface area (Å²) in [7, 11) is 0. The molecule has 0 aliphatic carbocycles. The summed E-state index contributed by atoms with van der Waals surface area (Å²) in [4.78, 5) is 16.7. The zero-order valence-electron chi connectivity index (χ0n) is 8.75. The molecule has 1 amide bonds. The number of carbonyl (C=O) groups excluding carboxylic acids is 1. The molecule has 0 atom stereocenters. The van der Waals surface area contributed by atoms with Crippen LogP contribution in [0.5, 0.6) is 0 Å². The van der Waals surface area contributed by atoms with E-state index in [1.165, 1.54) is 18.3 Å². The third kappa shape index (κ3) is 4.55. The molecule has 17 heavy (non-hydrogen) atoms. The zero-order valence-corrected chi connectivity index (χ0v) is 11.1. The van der Waals surface area contributed by atoms with Crippen LogP contribution >= 0.6 is 27.5 Å². The predicted octanol–water partition coefficient (Wildman–Crippen LogP) is 2.84. The van der Waals surface area contributed by atoms with Gasteiger partial charge in [0.05, 0.1) is 11.6 Å². The molecule has 1 heterocycles. The van der Waals surface area contributed by atoms with Crippen molar-refractivity contribution < 1.29 is 13.6 Å². The topological polar surface area (TPSA) is 33.2 Å². The van der Waals surface area contributed by atoms with E-state index in [1.807, 2.05) is 0 Å². The van der Waals surface area contributed by atoms with Crippen LogP contribution in [-0.4, -0.2) is 40.6 Å². The Bertz CT molecular complexity index is 375. The highest BCUT2D eigenvalue weighted by Crippen LogP contribution is 2.10. The van der Waals surface area contributed by atoms with Crippen LogP contribution in [0, 0.1) is 0 Å². The molecule has 1 aromatic heterocycles. The van der Waals surface area contributed by atoms with Crippen molar-refractivity contribution in [2.24, 2.45) is 0 Å². The molecular weight excluding hydrogens is 317 g/mol. The summed E-state index contributed by atoms with van der Waals surface area (Å²) in [5.41, 5.74) is 0.107. The fraction of sp³-hybridized carbons (Fsp3) is 0.400. The highest BCUT2D eigenvalue weighted by atomic mass is 79.9. The third-order valence-electron chi connectivity index (χ3n) is 1.95. The molecule has 3 nitrogen and oxygen atoms in total. The first-order chi connectivity index (χ1) is 8.04. The fourth-order valence-electron chi connectivity index (χ4n) is 1.21. The molecule has 0 fully saturated rings. The lowest BCUT2D eigenvalue weighted by molar-refractivity contribution is 0.0567. The van der Waals surface area contributed by atoms with Gasteiger partial charge in [-0.1, -0.05) is 27.5 Å². The van der Waals surface area contributed by atoms with Crippen molar-refractivity contribution in [3.63, 3.8) is 0 Å². The lowest BCUT2D eigenvalue weighted by atomic mass is 10.3. The van der Waals surface area contributed by atoms with Crippen LogP contribution in [0.15, 0.2) is 18.3 Å². The third-order valence-corrected chi connectivity index (χ3v) is 2.52. The molecule has 1 aromatic rings. The molecule has 0 unspecified atom stereocenters. The predicted molar refractivity (Wildman–Crippen MR) is 64.9 cm³/mol. The zero-order chi connectivity index (χ0) is 12.8. The lowest BCUT2D eigenvalue weighted by Crippen LogP contribution is -2.36. The van der Waals surface area contributed by atoms with Crippen LogP contribution < -0.4 is 0 Å². The Morgan fingerprint density at radius 2 is 2.24 bits per heavy atom. The summed E-state index contributed by atoms with van der Waals surface area (Å²) in [6.07, 6.45) is -1.26. The molecule has 0 aliphatic rings. The Morgan fingerprint density at radius 3 is 2.71 bits per heavy atom. The van der Waals surface area contributed by atoms with Crippen molar-refractivity contribution in [3.8, 4) is 0 Å². The van der Waals surface area contributed by atoms with Gasteiger partial charge < -0.3 is 4.90 Å². The summed E-state index contributed by atoms with van der Waals surface area (Å²) >= 11 is 8.74. The highest BCUT2D eigenvalue weighted by molar-refractivity contribution is 9.09. The normalized spacial score (nSPS) is 10.6. The minimum absolute atomic E-state index is 0.107. The minimum Gasteiger partial charge on any atom is -0.331 e. The maximum atomic E-state index is 12.3. The van der Waals surface area contributed by atoms with Gasteiger partial charge in [0.2, 0.25) is 0 Å². The van der Waals surface area contributed by atoms with E-state index in [4.69, 9.17) is 11.6 Å². The fourth-order valence-corrected chi connectivity index (χ4v) is 1.75. The van der Waals surface area contributed by atoms with E-state index in [1.54, 1.807) is 0 Å². The van der Waals surface area contributed by atoms with Gasteiger partial charge in [-0.15, -0.1) is 0 Å². The standard InChI is InChI=1S/C10H10BrClF2N2O/c11-3-4-16(6-9(13)14)10(17)8-2-1-7(12)5-15-8/h1-2,5,9H,3-4,6H2. The van der Waals surface area contributed by atoms with Crippen molar-refractivity contribution in [3.05, 3.63) is 29.0 Å². The van der Waals surface area contributed by atoms with Gasteiger partial charge >= 0.3 is 0 Å². The average molecular weight is 328 g/mol. The van der Waals surface area contributed by atoms with Gasteiger partial charge in [-0.05, 0) is 12.1 Å². The number of halogens is 4. The second-order valence-corrected chi connectivity index (χ2v) is 4.42. The maximum absolute atomic E-state index is 12.3. The summed E-state index contributed by atoms with van der Waals surface area (Å²) in [5.74, 6) is -0.526. The monoisotopic (exact) mass is 326 g/mol. The van der Waals surface area contributed by atoms with Crippen LogP contribution in [0.3, 0.4) is 0 Å². The SMILES string of the molecule is O=C(c1ccc(Cl)cn1)N(CCBr)CC(F)F. The van der Waals surface area contributed by atoms with E-state index in [9.17, 15) is 13.6 Å². The van der Waals surface area contributed by atoms with Crippen LogP contribution in [0.25, 0.3) is 0 Å². The Morgan fingerprint density at radius 1 is 1.53 bits per heavy atom. The minimum atomic E-state index is -2.56. The molecular formula is C10H10BrClF2N2O. The molecule has 0 aliphatic heterocycles. The van der Waals surface area contributed by atoms with E-state index < -0.39 is 18.9 Å². The van der Waals surface area contributed by atoms with Crippen LogP contribution in [0.4, 0.5) is 8.78 Å². The Kier molecular flexibility index (Phi) is 5.77. The van der Waals surface area contributed by atoms with E-state index in [0.29, 0.717) is 10.4 Å². The summed E-state index contributed by atoms with van der Waals surface area (Å²) < 4.78 is 24.6. The van der Waals surface area contributed by atoms with Crippen LogP contribution in [0.1, 0.15) is 10.5 Å². The number of amides is 1. The van der Waals surface area contributed by atoms with E-state index in [-0.39, 0.29) is 12.2 Å². The molecule has 94 valence electrons. The second-order valence-electron chi connectivity index (χ2n) is 3.19. The van der Waals surface area contributed by atoms with Gasteiger partial charge in [0.25, 0.3) is 12.3 Å². The molecule has 7 heteroatoms. The first-order valence-corrected chi connectivity index (χ1v) is 6.29. The van der Waals surface area contributed by atoms with Gasteiger partial charge in [-0.25, -0.2) is 13.8 Å². The van der Waals surface area contributed by atoms with E-state index in [0.717, 1.165) is 4.90 Å². The quantitative estimate of drug-likeness (QED) is 0.779. The molecule has 0 bridgehead atoms. The smallest absolute Gasteiger partial charge is 0.272 e. The Balaban J connectivity index is 2.79. The van der Waals surface area contributed by atoms with Crippen molar-refractivity contribution >= 4 is 33.4 Å². The summed E-state index contributed by atoms with van der Waals surface area (Å²) in [5, 5.41) is 0.821. The van der Waals surface area contributed by atoms with Crippen molar-refractivity contribution in [1.82, 2.24) is 9.88 Å². The average Bonchev–Trinajstić information content (AvgIpc) is 2.28. The van der Waals surface area contributed by atoms with Crippen molar-refractivity contribution in [2.45, 2.75) is 6.43 Å². The molecule has 0 saturated heterocycles. The van der Waals surface area contributed by atoms with Crippen molar-refractivity contribution in [2.75, 3.05) is 18.4 Å². The number of nitrogens with zero attached hydrogens (tertiary/aromatic N) is 2. The number of hydrogen-bond acceptors (Lipinski definition) is 2. The van der Waals surface area contributed by atoms with Gasteiger partial charge in [0, 0.05) is 18.1 Å². The molecule has 0 spiro atoms. The van der Waals surface area contributed by atoms with Gasteiger partial charge in [-0.3, -0.25) is 4.79 Å². The number of alkyl halides is 3. The maximum Gasteiger partial charge on any atom is 0.272 e. The number of pyridine rings is 1. The van der Waals surface area contributed by atoms with Crippen molar-refractivity contribution in [1.29, 1.82) is 0 Å². The molecule has 0 N–H and O–H groups in total. The first-order valence-electron chi connectivity index (χ1n) is 4.79. The highest BCUT2D eigenvalue weighted by Gasteiger charge is 2.19. The molecule has 0 aromatic carbocycles. The molecule has 0 saturated carbocycles. The second kappa shape index (κ2) is 6.86. The largest absolute Gasteiger partial charge is 0.331 e. The summed E-state index contributed by atoms with van der Waals surface area (Å²) in [6.45, 7) is -0.401. The number of hydrogen-bond donors (Lipinski definition) is 0. The Labute approximate surface area is 111 Å². The first kappa shape index (κ1) is 14.3. The molecule has 0 radical (unpaired) electrons. The van der Waals surface area contributed by atoms with E-state index >= 15 is 0 Å². The van der Waals surface area contributed by atoms with Gasteiger partial charge in [0.15, 0.2) is 0 Å². The lowest BCUT2D eigenvalue weighted by Gasteiger charge is -2.20. The van der Waals surface area contributed by atoms with Gasteiger partial charge in [-0.2, -0.15) is 0 Å².